The minimum Gasteiger partial charge on any atom is -0.332 e. The average Bonchev–Trinajstić information content (AvgIpc) is 2.55. The predicted molar refractivity (Wildman–Crippen MR) is 77.4 cm³/mol. The standard InChI is InChI=1S/C14H24N4O3/c1-2-17-7-9-18(10-8-17)14(21)13(20)16-12(19)11-3-5-15-6-4-11/h11,15H,2-10H2,1H3,(H,16,19,20). The Hall–Kier alpha value is -1.47. The largest absolute Gasteiger partial charge is 0.332 e. The van der Waals surface area contributed by atoms with Crippen molar-refractivity contribution in [2.45, 2.75) is 19.8 Å². The van der Waals surface area contributed by atoms with Crippen LogP contribution in [-0.4, -0.2) is 73.3 Å². The topological polar surface area (TPSA) is 81.8 Å². The van der Waals surface area contributed by atoms with Gasteiger partial charge in [-0.15, -0.1) is 0 Å². The van der Waals surface area contributed by atoms with E-state index in [0.29, 0.717) is 25.9 Å². The SMILES string of the molecule is CCN1CCN(C(=O)C(=O)NC(=O)C2CCNCC2)CC1. The van der Waals surface area contributed by atoms with Gasteiger partial charge in [0.2, 0.25) is 5.91 Å². The third-order valence-electron chi connectivity index (χ3n) is 4.25. The summed E-state index contributed by atoms with van der Waals surface area (Å²) in [5, 5.41) is 5.42. The number of likely N-dealkylation sites (N-methyl/N-ethyl adjacent to an activating group) is 1. The molecule has 2 heterocycles. The number of imide groups is 1. The van der Waals surface area contributed by atoms with Crippen LogP contribution in [0.3, 0.4) is 0 Å². The molecule has 0 spiro atoms. The van der Waals surface area contributed by atoms with Gasteiger partial charge >= 0.3 is 11.8 Å². The fourth-order valence-electron chi connectivity index (χ4n) is 2.76. The first kappa shape index (κ1) is 15.9. The van der Waals surface area contributed by atoms with E-state index in [2.05, 4.69) is 22.5 Å². The van der Waals surface area contributed by atoms with Crippen molar-refractivity contribution < 1.29 is 14.4 Å². The fourth-order valence-corrected chi connectivity index (χ4v) is 2.76. The van der Waals surface area contributed by atoms with Crippen LogP contribution in [0.15, 0.2) is 0 Å². The summed E-state index contributed by atoms with van der Waals surface area (Å²) >= 11 is 0. The Morgan fingerprint density at radius 3 is 2.29 bits per heavy atom. The molecule has 2 N–H and O–H groups in total. The highest BCUT2D eigenvalue weighted by atomic mass is 16.2. The van der Waals surface area contributed by atoms with Gasteiger partial charge in [0.25, 0.3) is 0 Å². The highest BCUT2D eigenvalue weighted by Crippen LogP contribution is 2.11. The van der Waals surface area contributed by atoms with Crippen LogP contribution in [0.5, 0.6) is 0 Å². The van der Waals surface area contributed by atoms with Crippen LogP contribution >= 0.6 is 0 Å². The lowest BCUT2D eigenvalue weighted by Gasteiger charge is -2.33. The third-order valence-corrected chi connectivity index (χ3v) is 4.25. The lowest BCUT2D eigenvalue weighted by atomic mass is 9.97. The highest BCUT2D eigenvalue weighted by Gasteiger charge is 2.29. The Morgan fingerprint density at radius 1 is 1.10 bits per heavy atom. The molecule has 0 saturated carbocycles. The fraction of sp³-hybridized carbons (Fsp3) is 0.786. The van der Waals surface area contributed by atoms with Crippen molar-refractivity contribution in [3.05, 3.63) is 0 Å². The minimum atomic E-state index is -0.788. The zero-order valence-corrected chi connectivity index (χ0v) is 12.6. The maximum atomic E-state index is 12.0. The molecule has 7 heteroatoms. The van der Waals surface area contributed by atoms with Crippen LogP contribution in [0.1, 0.15) is 19.8 Å². The molecular weight excluding hydrogens is 272 g/mol. The van der Waals surface area contributed by atoms with Crippen LogP contribution in [-0.2, 0) is 14.4 Å². The van der Waals surface area contributed by atoms with Crippen LogP contribution in [0.2, 0.25) is 0 Å². The third kappa shape index (κ3) is 4.25. The van der Waals surface area contributed by atoms with Crippen molar-refractivity contribution in [3.63, 3.8) is 0 Å². The Labute approximate surface area is 125 Å². The monoisotopic (exact) mass is 296 g/mol. The molecule has 0 atom stereocenters. The Balaban J connectivity index is 1.79. The molecule has 0 bridgehead atoms. The van der Waals surface area contributed by atoms with Crippen molar-refractivity contribution >= 4 is 17.7 Å². The van der Waals surface area contributed by atoms with E-state index in [0.717, 1.165) is 32.7 Å². The molecule has 2 aliphatic heterocycles. The second-order valence-electron chi connectivity index (χ2n) is 5.57. The van der Waals surface area contributed by atoms with Crippen molar-refractivity contribution in [2.24, 2.45) is 5.92 Å². The maximum absolute atomic E-state index is 12.0. The molecule has 118 valence electrons. The zero-order chi connectivity index (χ0) is 15.2. The van der Waals surface area contributed by atoms with Gasteiger partial charge in [-0.1, -0.05) is 6.92 Å². The number of piperidine rings is 1. The molecule has 3 amide bonds. The molecule has 0 aromatic rings. The molecular formula is C14H24N4O3. The summed E-state index contributed by atoms with van der Waals surface area (Å²) in [6, 6.07) is 0. The molecule has 0 aromatic heterocycles. The number of rotatable bonds is 2. The summed E-state index contributed by atoms with van der Waals surface area (Å²) < 4.78 is 0. The predicted octanol–water partition coefficient (Wildman–Crippen LogP) is -1.21. The summed E-state index contributed by atoms with van der Waals surface area (Å²) in [5.41, 5.74) is 0. The van der Waals surface area contributed by atoms with E-state index in [-0.39, 0.29) is 11.8 Å². The summed E-state index contributed by atoms with van der Waals surface area (Å²) in [6.45, 7) is 7.21. The van der Waals surface area contributed by atoms with Gasteiger partial charge < -0.3 is 15.1 Å². The minimum absolute atomic E-state index is 0.167. The summed E-state index contributed by atoms with van der Waals surface area (Å²) in [4.78, 5) is 39.6. The summed E-state index contributed by atoms with van der Waals surface area (Å²) in [6.07, 6.45) is 1.42. The molecule has 2 aliphatic rings. The van der Waals surface area contributed by atoms with Crippen molar-refractivity contribution in [3.8, 4) is 0 Å². The first-order chi connectivity index (χ1) is 10.1. The van der Waals surface area contributed by atoms with Gasteiger partial charge in [0.15, 0.2) is 0 Å². The first-order valence-corrected chi connectivity index (χ1v) is 7.69. The number of hydrogen-bond donors (Lipinski definition) is 2. The number of nitrogens with one attached hydrogen (secondary N) is 2. The lowest BCUT2D eigenvalue weighted by molar-refractivity contribution is -0.149. The second-order valence-corrected chi connectivity index (χ2v) is 5.57. The van der Waals surface area contributed by atoms with E-state index in [4.69, 9.17) is 0 Å². The number of carbonyl (C=O) groups excluding carboxylic acids is 3. The number of carbonyl (C=O) groups is 3. The van der Waals surface area contributed by atoms with Crippen molar-refractivity contribution in [1.29, 1.82) is 0 Å². The molecule has 7 nitrogen and oxygen atoms in total. The first-order valence-electron chi connectivity index (χ1n) is 7.69. The van der Waals surface area contributed by atoms with E-state index < -0.39 is 11.8 Å². The van der Waals surface area contributed by atoms with Crippen molar-refractivity contribution in [1.82, 2.24) is 20.4 Å². The number of hydrogen-bond acceptors (Lipinski definition) is 5. The zero-order valence-electron chi connectivity index (χ0n) is 12.6. The summed E-state index contributed by atoms with van der Waals surface area (Å²) in [5.74, 6) is -1.86. The van der Waals surface area contributed by atoms with E-state index in [1.807, 2.05) is 0 Å². The summed E-state index contributed by atoms with van der Waals surface area (Å²) in [7, 11) is 0. The normalized spacial score (nSPS) is 21.1. The second kappa shape index (κ2) is 7.51. The number of amides is 3. The van der Waals surface area contributed by atoms with Crippen molar-refractivity contribution in [2.75, 3.05) is 45.8 Å². The maximum Gasteiger partial charge on any atom is 0.316 e. The number of nitrogens with zero attached hydrogens (tertiary/aromatic N) is 2. The average molecular weight is 296 g/mol. The van der Waals surface area contributed by atoms with Crippen LogP contribution in [0, 0.1) is 5.92 Å². The van der Waals surface area contributed by atoms with Gasteiger partial charge in [-0.2, -0.15) is 0 Å². The molecule has 0 radical (unpaired) electrons. The van der Waals surface area contributed by atoms with Crippen LogP contribution < -0.4 is 10.6 Å². The van der Waals surface area contributed by atoms with Gasteiger partial charge in [0, 0.05) is 32.1 Å². The quantitative estimate of drug-likeness (QED) is 0.625. The van der Waals surface area contributed by atoms with Gasteiger partial charge in [0.1, 0.15) is 0 Å². The Kier molecular flexibility index (Phi) is 5.69. The smallest absolute Gasteiger partial charge is 0.316 e. The van der Waals surface area contributed by atoms with E-state index in [1.54, 1.807) is 0 Å². The van der Waals surface area contributed by atoms with Gasteiger partial charge in [-0.3, -0.25) is 19.7 Å². The van der Waals surface area contributed by atoms with E-state index >= 15 is 0 Å². The molecule has 0 unspecified atom stereocenters. The molecule has 0 aromatic carbocycles. The lowest BCUT2D eigenvalue weighted by Crippen LogP contribution is -2.53. The van der Waals surface area contributed by atoms with Gasteiger partial charge in [0.05, 0.1) is 0 Å². The van der Waals surface area contributed by atoms with Gasteiger partial charge in [-0.05, 0) is 32.5 Å². The molecule has 0 aliphatic carbocycles. The number of piperazine rings is 1. The van der Waals surface area contributed by atoms with E-state index in [9.17, 15) is 14.4 Å². The van der Waals surface area contributed by atoms with Crippen LogP contribution in [0.25, 0.3) is 0 Å². The molecule has 2 fully saturated rings. The highest BCUT2D eigenvalue weighted by molar-refractivity contribution is 6.37. The van der Waals surface area contributed by atoms with Gasteiger partial charge in [-0.25, -0.2) is 0 Å². The Morgan fingerprint density at radius 2 is 1.71 bits per heavy atom. The molecule has 2 saturated heterocycles. The van der Waals surface area contributed by atoms with E-state index in [1.165, 1.54) is 4.90 Å². The Bertz CT molecular complexity index is 399. The molecule has 2 rings (SSSR count). The molecule has 21 heavy (non-hydrogen) atoms. The van der Waals surface area contributed by atoms with Crippen LogP contribution in [0.4, 0.5) is 0 Å².